The summed E-state index contributed by atoms with van der Waals surface area (Å²) in [6, 6.07) is 11.4. The summed E-state index contributed by atoms with van der Waals surface area (Å²) in [6.45, 7) is 4.05. The molecular weight excluding hydrogens is 345 g/mol. The van der Waals surface area contributed by atoms with Gasteiger partial charge in [0.25, 0.3) is 0 Å². The fraction of sp³-hybridized carbons (Fsp3) is 0.222. The quantitative estimate of drug-likeness (QED) is 0.703. The van der Waals surface area contributed by atoms with E-state index in [0.717, 1.165) is 22.6 Å². The lowest BCUT2D eigenvalue weighted by Crippen LogP contribution is -2.13. The zero-order valence-corrected chi connectivity index (χ0v) is 15.1. The van der Waals surface area contributed by atoms with Gasteiger partial charge >= 0.3 is 0 Å². The normalized spacial score (nSPS) is 10.7. The molecule has 2 aromatic heterocycles. The number of aromatic nitrogens is 2. The van der Waals surface area contributed by atoms with E-state index in [1.807, 2.05) is 67.0 Å². The molecule has 1 aromatic carbocycles. The van der Waals surface area contributed by atoms with Crippen molar-refractivity contribution in [3.63, 3.8) is 0 Å². The van der Waals surface area contributed by atoms with Crippen LogP contribution in [0.2, 0.25) is 5.02 Å². The lowest BCUT2D eigenvalue weighted by molar-refractivity contribution is -0.116. The van der Waals surface area contributed by atoms with Gasteiger partial charge in [-0.3, -0.25) is 4.79 Å². The first-order chi connectivity index (χ1) is 11.0. The molecule has 4 nitrogen and oxygen atoms in total. The minimum Gasteiger partial charge on any atom is -0.326 e. The number of benzene rings is 1. The number of nitrogens with one attached hydrogen (secondary N) is 1. The number of amides is 1. The third-order valence-electron chi connectivity index (χ3n) is 3.47. The number of nitrogens with zero attached hydrogens (tertiary/aromatic N) is 2. The average Bonchev–Trinajstić information content (AvgIpc) is 2.90. The van der Waals surface area contributed by atoms with Crippen molar-refractivity contribution in [2.24, 2.45) is 5.92 Å². The lowest BCUT2D eigenvalue weighted by Gasteiger charge is -2.07. The molecule has 6 heteroatoms. The zero-order chi connectivity index (χ0) is 16.4. The van der Waals surface area contributed by atoms with Gasteiger partial charge in [0.15, 0.2) is 0 Å². The van der Waals surface area contributed by atoms with Crippen molar-refractivity contribution in [3.05, 3.63) is 53.8 Å². The van der Waals surface area contributed by atoms with Crippen molar-refractivity contribution >= 4 is 41.2 Å². The summed E-state index contributed by atoms with van der Waals surface area (Å²) in [4.78, 5) is 16.4. The summed E-state index contributed by atoms with van der Waals surface area (Å²) < 4.78 is 1.90. The van der Waals surface area contributed by atoms with Gasteiger partial charge < -0.3 is 9.72 Å². The van der Waals surface area contributed by atoms with Crippen molar-refractivity contribution in [3.8, 4) is 11.3 Å². The molecule has 0 saturated carbocycles. The van der Waals surface area contributed by atoms with Crippen molar-refractivity contribution in [2.75, 3.05) is 5.32 Å². The summed E-state index contributed by atoms with van der Waals surface area (Å²) >= 11 is 5.99. The number of carbonyl (C=O) groups is 1. The molecule has 0 radical (unpaired) electrons. The minimum atomic E-state index is 0. The first kappa shape index (κ1) is 18.3. The summed E-state index contributed by atoms with van der Waals surface area (Å²) in [7, 11) is 0. The number of carbonyl (C=O) groups excluding carboxylic acids is 1. The Morgan fingerprint density at radius 2 is 1.88 bits per heavy atom. The van der Waals surface area contributed by atoms with Crippen LogP contribution < -0.4 is 5.32 Å². The topological polar surface area (TPSA) is 46.4 Å². The third kappa shape index (κ3) is 4.28. The summed E-state index contributed by atoms with van der Waals surface area (Å²) in [5.41, 5.74) is 3.50. The number of fused-ring (bicyclic) bond motifs is 1. The van der Waals surface area contributed by atoms with E-state index in [0.29, 0.717) is 17.4 Å². The Kier molecular flexibility index (Phi) is 5.86. The van der Waals surface area contributed by atoms with Gasteiger partial charge in [-0.25, -0.2) is 4.98 Å². The molecule has 0 aliphatic heterocycles. The number of halogens is 2. The van der Waals surface area contributed by atoms with E-state index in [4.69, 9.17) is 11.6 Å². The Bertz CT molecular complexity index is 841. The number of anilines is 1. The van der Waals surface area contributed by atoms with E-state index in [2.05, 4.69) is 10.3 Å². The Hall–Kier alpha value is -2.04. The molecule has 3 aromatic rings. The van der Waals surface area contributed by atoms with Crippen LogP contribution in [-0.2, 0) is 4.79 Å². The van der Waals surface area contributed by atoms with Crippen LogP contribution in [0.25, 0.3) is 16.9 Å². The average molecular weight is 364 g/mol. The van der Waals surface area contributed by atoms with Crippen molar-refractivity contribution < 1.29 is 4.79 Å². The highest BCUT2D eigenvalue weighted by atomic mass is 35.5. The maximum Gasteiger partial charge on any atom is 0.224 e. The largest absolute Gasteiger partial charge is 0.326 e. The molecule has 126 valence electrons. The van der Waals surface area contributed by atoms with Crippen molar-refractivity contribution in [1.29, 1.82) is 0 Å². The second-order valence-corrected chi connectivity index (χ2v) is 6.40. The van der Waals surface area contributed by atoms with Crippen LogP contribution in [0.3, 0.4) is 0 Å². The molecule has 1 N–H and O–H groups in total. The highest BCUT2D eigenvalue weighted by Gasteiger charge is 2.07. The van der Waals surface area contributed by atoms with Crippen LogP contribution in [0.1, 0.15) is 20.3 Å². The van der Waals surface area contributed by atoms with Crippen LogP contribution in [0.15, 0.2) is 48.8 Å². The van der Waals surface area contributed by atoms with Crippen LogP contribution in [0.4, 0.5) is 5.69 Å². The molecule has 0 unspecified atom stereocenters. The number of imidazole rings is 1. The van der Waals surface area contributed by atoms with Crippen LogP contribution in [0, 0.1) is 5.92 Å². The summed E-state index contributed by atoms with van der Waals surface area (Å²) in [5.74, 6) is 0.384. The van der Waals surface area contributed by atoms with Crippen LogP contribution >= 0.6 is 24.0 Å². The predicted molar refractivity (Wildman–Crippen MR) is 101 cm³/mol. The number of hydrogen-bond acceptors (Lipinski definition) is 2. The molecule has 0 aliphatic rings. The van der Waals surface area contributed by atoms with Crippen LogP contribution in [-0.4, -0.2) is 15.3 Å². The number of pyridine rings is 1. The smallest absolute Gasteiger partial charge is 0.224 e. The fourth-order valence-electron chi connectivity index (χ4n) is 2.41. The summed E-state index contributed by atoms with van der Waals surface area (Å²) in [5, 5.41) is 3.57. The monoisotopic (exact) mass is 363 g/mol. The molecule has 0 atom stereocenters. The van der Waals surface area contributed by atoms with Gasteiger partial charge in [0, 0.05) is 30.1 Å². The molecule has 0 bridgehead atoms. The molecule has 0 fully saturated rings. The highest BCUT2D eigenvalue weighted by molar-refractivity contribution is 6.30. The van der Waals surface area contributed by atoms with Gasteiger partial charge in [0.1, 0.15) is 5.65 Å². The molecule has 3 rings (SSSR count). The van der Waals surface area contributed by atoms with E-state index >= 15 is 0 Å². The van der Waals surface area contributed by atoms with Gasteiger partial charge in [0.05, 0.1) is 10.7 Å². The minimum absolute atomic E-state index is 0. The molecule has 1 amide bonds. The first-order valence-corrected chi connectivity index (χ1v) is 7.93. The first-order valence-electron chi connectivity index (χ1n) is 7.56. The Morgan fingerprint density at radius 1 is 1.17 bits per heavy atom. The number of rotatable bonds is 4. The Balaban J connectivity index is 0.00000208. The lowest BCUT2D eigenvalue weighted by atomic mass is 10.1. The molecule has 0 aliphatic carbocycles. The van der Waals surface area contributed by atoms with Crippen molar-refractivity contribution in [1.82, 2.24) is 9.38 Å². The van der Waals surface area contributed by atoms with Crippen LogP contribution in [0.5, 0.6) is 0 Å². The SMILES string of the molecule is CC(C)CC(=O)Nc1ccc(-c2cn3cc(Cl)ccc3n2)cc1.Cl. The highest BCUT2D eigenvalue weighted by Crippen LogP contribution is 2.22. The zero-order valence-electron chi connectivity index (χ0n) is 13.5. The Labute approximate surface area is 152 Å². The fourth-order valence-corrected chi connectivity index (χ4v) is 2.58. The number of hydrogen-bond donors (Lipinski definition) is 1. The predicted octanol–water partition coefficient (Wildman–Crippen LogP) is 5.06. The molecule has 0 spiro atoms. The third-order valence-corrected chi connectivity index (χ3v) is 3.70. The second-order valence-electron chi connectivity index (χ2n) is 5.96. The second kappa shape index (κ2) is 7.69. The molecule has 2 heterocycles. The van der Waals surface area contributed by atoms with E-state index in [-0.39, 0.29) is 18.3 Å². The van der Waals surface area contributed by atoms with Gasteiger partial charge in [-0.05, 0) is 30.2 Å². The maximum atomic E-state index is 11.8. The van der Waals surface area contributed by atoms with Gasteiger partial charge in [-0.15, -0.1) is 12.4 Å². The standard InChI is InChI=1S/C18H18ClN3O.ClH/c1-12(2)9-18(23)20-15-6-3-13(4-7-15)16-11-22-10-14(19)5-8-17(22)21-16;/h3-8,10-12H,9H2,1-2H3,(H,20,23);1H. The molecule has 0 saturated heterocycles. The molecule has 24 heavy (non-hydrogen) atoms. The van der Waals surface area contributed by atoms with E-state index < -0.39 is 0 Å². The van der Waals surface area contributed by atoms with Crippen molar-refractivity contribution in [2.45, 2.75) is 20.3 Å². The van der Waals surface area contributed by atoms with Gasteiger partial charge in [-0.2, -0.15) is 0 Å². The summed E-state index contributed by atoms with van der Waals surface area (Å²) in [6.07, 6.45) is 4.29. The van der Waals surface area contributed by atoms with E-state index in [9.17, 15) is 4.79 Å². The van der Waals surface area contributed by atoms with Gasteiger partial charge in [0.2, 0.25) is 5.91 Å². The Morgan fingerprint density at radius 3 is 2.54 bits per heavy atom. The van der Waals surface area contributed by atoms with E-state index in [1.54, 1.807) is 0 Å². The maximum absolute atomic E-state index is 11.8. The van der Waals surface area contributed by atoms with Gasteiger partial charge in [-0.1, -0.05) is 37.6 Å². The van der Waals surface area contributed by atoms with E-state index in [1.165, 1.54) is 0 Å². The molecular formula is C18H19Cl2N3O.